The highest BCUT2D eigenvalue weighted by Gasteiger charge is 2.36. The average molecular weight is 657 g/mol. The molecule has 1 aliphatic heterocycles. The molecule has 0 unspecified atom stereocenters. The van der Waals surface area contributed by atoms with E-state index in [-0.39, 0.29) is 31.9 Å². The van der Waals surface area contributed by atoms with Gasteiger partial charge < -0.3 is 19.9 Å². The van der Waals surface area contributed by atoms with Crippen molar-refractivity contribution in [2.24, 2.45) is 0 Å². The molecule has 13 heteroatoms. The van der Waals surface area contributed by atoms with E-state index >= 15 is 0 Å². The number of piperazine rings is 1. The maximum Gasteiger partial charge on any atom is 0.418 e. The summed E-state index contributed by atoms with van der Waals surface area (Å²) >= 11 is 1.57. The number of halogens is 6. The SMILES string of the molecule is CC(C)(C)OC(=O)N1CCN(c2ccc(NCCCCCCSc3ccnc4cc(C(F)(F)F)ccc34)cc2C(F)(F)F)CC1. The Labute approximate surface area is 263 Å². The number of thioether (sulfide) groups is 1. The van der Waals surface area contributed by atoms with Gasteiger partial charge >= 0.3 is 18.4 Å². The number of nitrogens with one attached hydrogen (secondary N) is 1. The number of anilines is 2. The number of carbonyl (C=O) groups is 1. The third kappa shape index (κ3) is 9.82. The molecule has 1 fully saturated rings. The van der Waals surface area contributed by atoms with E-state index in [9.17, 15) is 31.1 Å². The molecule has 3 aromatic rings. The zero-order valence-electron chi connectivity index (χ0n) is 25.5. The molecule has 45 heavy (non-hydrogen) atoms. The predicted octanol–water partition coefficient (Wildman–Crippen LogP) is 9.09. The van der Waals surface area contributed by atoms with Crippen molar-refractivity contribution in [1.29, 1.82) is 0 Å². The van der Waals surface area contributed by atoms with Crippen LogP contribution in [0.1, 0.15) is 57.6 Å². The Balaban J connectivity index is 1.21. The van der Waals surface area contributed by atoms with Crippen molar-refractivity contribution in [3.63, 3.8) is 0 Å². The van der Waals surface area contributed by atoms with Crippen molar-refractivity contribution < 1.29 is 35.9 Å². The minimum atomic E-state index is -4.53. The number of nitrogens with zero attached hydrogens (tertiary/aromatic N) is 3. The van der Waals surface area contributed by atoms with Crippen LogP contribution in [-0.2, 0) is 17.1 Å². The summed E-state index contributed by atoms with van der Waals surface area (Å²) in [6.45, 7) is 6.90. The zero-order chi connectivity index (χ0) is 32.8. The van der Waals surface area contributed by atoms with Crippen LogP contribution in [0.5, 0.6) is 0 Å². The van der Waals surface area contributed by atoms with Gasteiger partial charge in [-0.3, -0.25) is 4.98 Å². The highest BCUT2D eigenvalue weighted by Crippen LogP contribution is 2.39. The Morgan fingerprint density at radius 2 is 1.60 bits per heavy atom. The van der Waals surface area contributed by atoms with Crippen molar-refractivity contribution in [2.45, 2.75) is 69.3 Å². The second kappa shape index (κ2) is 14.4. The molecule has 0 radical (unpaired) electrons. The van der Waals surface area contributed by atoms with Gasteiger partial charge in [0.2, 0.25) is 0 Å². The van der Waals surface area contributed by atoms with Gasteiger partial charge in [-0.05, 0) is 75.8 Å². The largest absolute Gasteiger partial charge is 0.444 e. The van der Waals surface area contributed by atoms with Gasteiger partial charge in [-0.1, -0.05) is 18.9 Å². The molecule has 0 bridgehead atoms. The summed E-state index contributed by atoms with van der Waals surface area (Å²) in [6, 6.07) is 9.67. The molecule has 1 aromatic heterocycles. The summed E-state index contributed by atoms with van der Waals surface area (Å²) in [7, 11) is 0. The average Bonchev–Trinajstić information content (AvgIpc) is 2.96. The number of ether oxygens (including phenoxy) is 1. The Bertz CT molecular complexity index is 1450. The van der Waals surface area contributed by atoms with Gasteiger partial charge in [0.15, 0.2) is 0 Å². The van der Waals surface area contributed by atoms with Gasteiger partial charge in [-0.15, -0.1) is 11.8 Å². The van der Waals surface area contributed by atoms with E-state index in [2.05, 4.69) is 10.3 Å². The Morgan fingerprint density at radius 1 is 0.889 bits per heavy atom. The molecule has 6 nitrogen and oxygen atoms in total. The first-order valence-electron chi connectivity index (χ1n) is 14.9. The second-order valence-electron chi connectivity index (χ2n) is 11.9. The summed E-state index contributed by atoms with van der Waals surface area (Å²) in [5, 5.41) is 3.79. The number of alkyl halides is 6. The summed E-state index contributed by atoms with van der Waals surface area (Å²) in [4.78, 5) is 20.5. The van der Waals surface area contributed by atoms with Crippen LogP contribution in [-0.4, -0.2) is 60.1 Å². The molecule has 0 spiro atoms. The van der Waals surface area contributed by atoms with Crippen LogP contribution in [0.3, 0.4) is 0 Å². The van der Waals surface area contributed by atoms with Crippen LogP contribution >= 0.6 is 11.8 Å². The predicted molar refractivity (Wildman–Crippen MR) is 166 cm³/mol. The lowest BCUT2D eigenvalue weighted by molar-refractivity contribution is -0.138. The number of hydrogen-bond acceptors (Lipinski definition) is 6. The van der Waals surface area contributed by atoms with E-state index in [1.807, 2.05) is 0 Å². The molecule has 1 saturated heterocycles. The molecule has 2 aromatic carbocycles. The van der Waals surface area contributed by atoms with Gasteiger partial charge in [0, 0.05) is 60.6 Å². The second-order valence-corrected chi connectivity index (χ2v) is 13.0. The van der Waals surface area contributed by atoms with E-state index < -0.39 is 35.2 Å². The van der Waals surface area contributed by atoms with Gasteiger partial charge in [0.1, 0.15) is 5.60 Å². The number of pyridine rings is 1. The van der Waals surface area contributed by atoms with E-state index in [0.717, 1.165) is 54.5 Å². The summed E-state index contributed by atoms with van der Waals surface area (Å²) in [6.07, 6.45) is -4.44. The highest BCUT2D eigenvalue weighted by molar-refractivity contribution is 7.99. The molecule has 1 amide bonds. The smallest absolute Gasteiger partial charge is 0.418 e. The van der Waals surface area contributed by atoms with Gasteiger partial charge in [-0.25, -0.2) is 4.79 Å². The quantitative estimate of drug-likeness (QED) is 0.134. The highest BCUT2D eigenvalue weighted by atomic mass is 32.2. The van der Waals surface area contributed by atoms with Crippen LogP contribution < -0.4 is 10.2 Å². The topological polar surface area (TPSA) is 57.7 Å². The number of amides is 1. The third-order valence-electron chi connectivity index (χ3n) is 7.26. The van der Waals surface area contributed by atoms with E-state index in [1.54, 1.807) is 49.6 Å². The Kier molecular flexibility index (Phi) is 11.0. The van der Waals surface area contributed by atoms with Gasteiger partial charge in [0.25, 0.3) is 0 Å². The lowest BCUT2D eigenvalue weighted by Crippen LogP contribution is -2.50. The molecule has 246 valence electrons. The normalized spacial score (nSPS) is 14.6. The lowest BCUT2D eigenvalue weighted by atomic mass is 10.1. The zero-order valence-corrected chi connectivity index (χ0v) is 26.3. The van der Waals surface area contributed by atoms with Crippen molar-refractivity contribution in [3.05, 3.63) is 59.8 Å². The van der Waals surface area contributed by atoms with Gasteiger partial charge in [-0.2, -0.15) is 26.3 Å². The van der Waals surface area contributed by atoms with Crippen molar-refractivity contribution >= 4 is 40.1 Å². The molecule has 0 atom stereocenters. The van der Waals surface area contributed by atoms with E-state index in [4.69, 9.17) is 4.74 Å². The Hall–Kier alpha value is -3.35. The standard InChI is InChI=1S/C32H38F6N4O2S/c1-30(2,3)44-29(43)42-17-15-41(16-18-42)27-11-9-23(21-25(27)32(36,37)38)39-13-6-4-5-7-19-45-28-12-14-40-26-20-22(31(33,34)35)8-10-24(26)28/h8-12,14,20-21,39H,4-7,13,15-19H2,1-3H3. The Morgan fingerprint density at radius 3 is 2.27 bits per heavy atom. The molecule has 1 N–H and O–H groups in total. The summed E-state index contributed by atoms with van der Waals surface area (Å²) < 4.78 is 86.5. The molecule has 1 aliphatic rings. The number of fused-ring (bicyclic) bond motifs is 1. The monoisotopic (exact) mass is 656 g/mol. The minimum absolute atomic E-state index is 0.0946. The molecule has 2 heterocycles. The molecule has 4 rings (SSSR count). The van der Waals surface area contributed by atoms with E-state index in [1.165, 1.54) is 23.2 Å². The molecular formula is C32H38F6N4O2S. The van der Waals surface area contributed by atoms with Crippen LogP contribution in [0.2, 0.25) is 0 Å². The maximum absolute atomic E-state index is 14.0. The summed E-state index contributed by atoms with van der Waals surface area (Å²) in [5.41, 5.74) is -1.28. The maximum atomic E-state index is 14.0. The lowest BCUT2D eigenvalue weighted by Gasteiger charge is -2.37. The van der Waals surface area contributed by atoms with Crippen LogP contribution in [0, 0.1) is 0 Å². The minimum Gasteiger partial charge on any atom is -0.444 e. The number of aromatic nitrogens is 1. The van der Waals surface area contributed by atoms with Crippen LogP contribution in [0.25, 0.3) is 10.9 Å². The fourth-order valence-corrected chi connectivity index (χ4v) is 6.08. The van der Waals surface area contributed by atoms with E-state index in [0.29, 0.717) is 23.1 Å². The molecular weight excluding hydrogens is 618 g/mol. The first-order valence-corrected chi connectivity index (χ1v) is 15.9. The number of rotatable bonds is 10. The van der Waals surface area contributed by atoms with Crippen molar-refractivity contribution in [3.8, 4) is 0 Å². The fourth-order valence-electron chi connectivity index (χ4n) is 5.02. The number of carbonyl (C=O) groups excluding carboxylic acids is 1. The van der Waals surface area contributed by atoms with Crippen LogP contribution in [0.4, 0.5) is 42.5 Å². The fraction of sp³-hybridized carbons (Fsp3) is 0.500. The number of benzene rings is 2. The third-order valence-corrected chi connectivity index (χ3v) is 8.42. The number of unbranched alkanes of at least 4 members (excludes halogenated alkanes) is 3. The van der Waals surface area contributed by atoms with Gasteiger partial charge in [0.05, 0.1) is 16.6 Å². The first-order chi connectivity index (χ1) is 21.1. The first kappa shape index (κ1) is 34.5. The molecule has 0 saturated carbocycles. The van der Waals surface area contributed by atoms with Crippen molar-refractivity contribution in [1.82, 2.24) is 9.88 Å². The summed E-state index contributed by atoms with van der Waals surface area (Å²) in [5.74, 6) is 0.788. The van der Waals surface area contributed by atoms with Crippen molar-refractivity contribution in [2.75, 3.05) is 48.7 Å². The number of hydrogen-bond donors (Lipinski definition) is 1. The van der Waals surface area contributed by atoms with Crippen LogP contribution in [0.15, 0.2) is 53.6 Å². The molecule has 0 aliphatic carbocycles.